The number of aromatic nitrogens is 1. The predicted molar refractivity (Wildman–Crippen MR) is 85.8 cm³/mol. The zero-order chi connectivity index (χ0) is 17.0. The summed E-state index contributed by atoms with van der Waals surface area (Å²) in [6, 6.07) is 0. The molecule has 0 atom stereocenters. The van der Waals surface area contributed by atoms with E-state index in [-0.39, 0.29) is 24.1 Å². The van der Waals surface area contributed by atoms with E-state index in [1.807, 2.05) is 0 Å². The Labute approximate surface area is 138 Å². The molecule has 10 heteroatoms. The molecule has 0 saturated carbocycles. The number of nitrogens with one attached hydrogen (secondary N) is 1. The van der Waals surface area contributed by atoms with Crippen LogP contribution in [-0.2, 0) is 19.6 Å². The lowest BCUT2D eigenvalue weighted by Gasteiger charge is -2.29. The molecule has 0 aromatic carbocycles. The molecule has 1 aromatic rings. The van der Waals surface area contributed by atoms with E-state index in [0.29, 0.717) is 31.1 Å². The maximum Gasteiger partial charge on any atom is 0.357 e. The molecule has 2 rings (SSSR count). The summed E-state index contributed by atoms with van der Waals surface area (Å²) in [7, 11) is -3.21. The van der Waals surface area contributed by atoms with E-state index in [4.69, 9.17) is 4.74 Å². The van der Waals surface area contributed by atoms with Crippen LogP contribution >= 0.6 is 11.3 Å². The van der Waals surface area contributed by atoms with Gasteiger partial charge in [0.1, 0.15) is 0 Å². The molecule has 8 nitrogen and oxygen atoms in total. The highest BCUT2D eigenvalue weighted by molar-refractivity contribution is 7.88. The number of ether oxygens (including phenoxy) is 1. The van der Waals surface area contributed by atoms with Gasteiger partial charge in [-0.3, -0.25) is 4.79 Å². The highest BCUT2D eigenvalue weighted by atomic mass is 32.2. The third-order valence-electron chi connectivity index (χ3n) is 3.51. The number of nitrogens with zero attached hydrogens (tertiary/aromatic N) is 2. The van der Waals surface area contributed by atoms with Crippen LogP contribution in [-0.4, -0.2) is 55.5 Å². The second-order valence-electron chi connectivity index (χ2n) is 5.18. The van der Waals surface area contributed by atoms with Crippen LogP contribution in [0.3, 0.4) is 0 Å². The van der Waals surface area contributed by atoms with Gasteiger partial charge in [-0.2, -0.15) is 0 Å². The fourth-order valence-corrected chi connectivity index (χ4v) is 3.84. The number of carbonyl (C=O) groups is 2. The summed E-state index contributed by atoms with van der Waals surface area (Å²) in [6.45, 7) is 2.64. The first-order valence-electron chi connectivity index (χ1n) is 7.20. The molecule has 0 unspecified atom stereocenters. The van der Waals surface area contributed by atoms with E-state index < -0.39 is 16.0 Å². The van der Waals surface area contributed by atoms with Crippen LogP contribution in [0, 0.1) is 5.92 Å². The second kappa shape index (κ2) is 7.37. The molecule has 1 aliphatic rings. The van der Waals surface area contributed by atoms with Crippen molar-refractivity contribution in [3.63, 3.8) is 0 Å². The number of amides is 1. The maximum atomic E-state index is 12.2. The summed E-state index contributed by atoms with van der Waals surface area (Å²) in [4.78, 5) is 27.7. The first-order valence-corrected chi connectivity index (χ1v) is 9.92. The van der Waals surface area contributed by atoms with Crippen molar-refractivity contribution in [2.45, 2.75) is 19.8 Å². The highest BCUT2D eigenvalue weighted by Crippen LogP contribution is 2.22. The van der Waals surface area contributed by atoms with Crippen molar-refractivity contribution in [1.29, 1.82) is 0 Å². The van der Waals surface area contributed by atoms with Crippen molar-refractivity contribution < 1.29 is 22.7 Å². The molecule has 1 fully saturated rings. The number of esters is 1. The summed E-state index contributed by atoms with van der Waals surface area (Å²) < 4.78 is 29.1. The minimum absolute atomic E-state index is 0.166. The van der Waals surface area contributed by atoms with Crippen LogP contribution in [0.25, 0.3) is 0 Å². The lowest BCUT2D eigenvalue weighted by atomic mass is 9.97. The van der Waals surface area contributed by atoms with Crippen molar-refractivity contribution >= 4 is 38.4 Å². The Hall–Kier alpha value is -1.52. The number of hydrogen-bond donors (Lipinski definition) is 1. The molecule has 0 aliphatic carbocycles. The third kappa shape index (κ3) is 4.72. The zero-order valence-corrected chi connectivity index (χ0v) is 14.6. The zero-order valence-electron chi connectivity index (χ0n) is 12.9. The van der Waals surface area contributed by atoms with E-state index in [2.05, 4.69) is 10.3 Å². The Bertz CT molecular complexity index is 678. The Morgan fingerprint density at radius 1 is 1.43 bits per heavy atom. The van der Waals surface area contributed by atoms with Gasteiger partial charge in [0.2, 0.25) is 15.9 Å². The van der Waals surface area contributed by atoms with Gasteiger partial charge in [0.05, 0.1) is 12.9 Å². The van der Waals surface area contributed by atoms with Crippen LogP contribution in [0.4, 0.5) is 5.13 Å². The monoisotopic (exact) mass is 361 g/mol. The lowest BCUT2D eigenvalue weighted by Crippen LogP contribution is -2.40. The summed E-state index contributed by atoms with van der Waals surface area (Å²) in [5, 5.41) is 4.54. The van der Waals surface area contributed by atoms with Gasteiger partial charge >= 0.3 is 5.97 Å². The molecule has 128 valence electrons. The number of carbonyl (C=O) groups excluding carboxylic acids is 2. The molecule has 1 aromatic heterocycles. The molecule has 0 radical (unpaired) electrons. The van der Waals surface area contributed by atoms with E-state index in [9.17, 15) is 18.0 Å². The van der Waals surface area contributed by atoms with Crippen molar-refractivity contribution in [1.82, 2.24) is 9.29 Å². The first kappa shape index (κ1) is 17.8. The molecular weight excluding hydrogens is 342 g/mol. The van der Waals surface area contributed by atoms with E-state index >= 15 is 0 Å². The molecule has 1 saturated heterocycles. The Morgan fingerprint density at radius 2 is 2.09 bits per heavy atom. The van der Waals surface area contributed by atoms with E-state index in [0.717, 1.165) is 11.3 Å². The van der Waals surface area contributed by atoms with Crippen LogP contribution in [0.15, 0.2) is 5.38 Å². The normalized spacial score (nSPS) is 17.0. The SMILES string of the molecule is CCOC(=O)c1csc(NC(=O)C2CCN(S(C)(=O)=O)CC2)n1. The highest BCUT2D eigenvalue weighted by Gasteiger charge is 2.29. The summed E-state index contributed by atoms with van der Waals surface area (Å²) in [5.74, 6) is -0.989. The molecular formula is C13H19N3O5S2. The van der Waals surface area contributed by atoms with Crippen LogP contribution in [0.5, 0.6) is 0 Å². The predicted octanol–water partition coefficient (Wildman–Crippen LogP) is 0.930. The molecule has 1 aliphatic heterocycles. The van der Waals surface area contributed by atoms with Crippen LogP contribution in [0.2, 0.25) is 0 Å². The van der Waals surface area contributed by atoms with Crippen LogP contribution < -0.4 is 5.32 Å². The fraction of sp³-hybridized carbons (Fsp3) is 0.615. The molecule has 1 amide bonds. The lowest BCUT2D eigenvalue weighted by molar-refractivity contribution is -0.120. The van der Waals surface area contributed by atoms with Gasteiger partial charge in [0, 0.05) is 24.4 Å². The Balaban J connectivity index is 1.89. The van der Waals surface area contributed by atoms with Gasteiger partial charge in [-0.15, -0.1) is 11.3 Å². The van der Waals surface area contributed by atoms with Crippen molar-refractivity contribution in [2.24, 2.45) is 5.92 Å². The van der Waals surface area contributed by atoms with E-state index in [1.54, 1.807) is 6.92 Å². The molecule has 2 heterocycles. The minimum Gasteiger partial charge on any atom is -0.461 e. The van der Waals surface area contributed by atoms with Crippen molar-refractivity contribution in [2.75, 3.05) is 31.3 Å². The van der Waals surface area contributed by atoms with Gasteiger partial charge < -0.3 is 10.1 Å². The summed E-state index contributed by atoms with van der Waals surface area (Å²) in [5.41, 5.74) is 0.166. The topological polar surface area (TPSA) is 106 Å². The Kier molecular flexibility index (Phi) is 5.71. The number of anilines is 1. The van der Waals surface area contributed by atoms with Crippen molar-refractivity contribution in [3.8, 4) is 0 Å². The maximum absolute atomic E-state index is 12.2. The number of piperidine rings is 1. The third-order valence-corrected chi connectivity index (χ3v) is 5.57. The van der Waals surface area contributed by atoms with Gasteiger partial charge in [-0.1, -0.05) is 0 Å². The average Bonchev–Trinajstić information content (AvgIpc) is 2.95. The number of thiazole rings is 1. The van der Waals surface area contributed by atoms with E-state index in [1.165, 1.54) is 15.9 Å². The molecule has 23 heavy (non-hydrogen) atoms. The number of hydrogen-bond acceptors (Lipinski definition) is 7. The van der Waals surface area contributed by atoms with Crippen molar-refractivity contribution in [3.05, 3.63) is 11.1 Å². The standard InChI is InChI=1S/C13H19N3O5S2/c1-3-21-12(18)10-8-22-13(14-10)15-11(17)9-4-6-16(7-5-9)23(2,19)20/h8-9H,3-7H2,1-2H3,(H,14,15,17). The Morgan fingerprint density at radius 3 is 2.65 bits per heavy atom. The number of rotatable bonds is 5. The van der Waals surface area contributed by atoms with Gasteiger partial charge in [-0.25, -0.2) is 22.5 Å². The van der Waals surface area contributed by atoms with Crippen LogP contribution in [0.1, 0.15) is 30.3 Å². The van der Waals surface area contributed by atoms with Gasteiger partial charge in [0.15, 0.2) is 10.8 Å². The smallest absolute Gasteiger partial charge is 0.357 e. The number of sulfonamides is 1. The second-order valence-corrected chi connectivity index (χ2v) is 8.02. The first-order chi connectivity index (χ1) is 10.8. The minimum atomic E-state index is -3.21. The molecule has 0 spiro atoms. The quantitative estimate of drug-likeness (QED) is 0.782. The fourth-order valence-electron chi connectivity index (χ4n) is 2.29. The summed E-state index contributed by atoms with van der Waals surface area (Å²) >= 11 is 1.15. The molecule has 0 bridgehead atoms. The molecule has 1 N–H and O–H groups in total. The largest absolute Gasteiger partial charge is 0.461 e. The van der Waals surface area contributed by atoms with Gasteiger partial charge in [0.25, 0.3) is 0 Å². The average molecular weight is 361 g/mol. The summed E-state index contributed by atoms with van der Waals surface area (Å²) in [6.07, 6.45) is 2.10. The van der Waals surface area contributed by atoms with Gasteiger partial charge in [-0.05, 0) is 19.8 Å².